The number of carbonyl (C=O) groups excluding carboxylic acids is 1. The van der Waals surface area contributed by atoms with Gasteiger partial charge in [0, 0.05) is 25.7 Å². The van der Waals surface area contributed by atoms with Gasteiger partial charge in [-0.05, 0) is 53.1 Å². The van der Waals surface area contributed by atoms with Crippen molar-refractivity contribution in [3.8, 4) is 11.4 Å². The Bertz CT molecular complexity index is 1260. The quantitative estimate of drug-likeness (QED) is 0.495. The summed E-state index contributed by atoms with van der Waals surface area (Å²) in [7, 11) is 3.54. The summed E-state index contributed by atoms with van der Waals surface area (Å²) in [6.45, 7) is 2.50. The van der Waals surface area contributed by atoms with E-state index in [1.54, 1.807) is 16.7 Å². The predicted molar refractivity (Wildman–Crippen MR) is 117 cm³/mol. The highest BCUT2D eigenvalue weighted by Crippen LogP contribution is 2.41. The Morgan fingerprint density at radius 2 is 1.94 bits per heavy atom. The van der Waals surface area contributed by atoms with Gasteiger partial charge in [-0.25, -0.2) is 0 Å². The maximum atomic E-state index is 13.5. The fraction of sp³-hybridized carbons (Fsp3) is 0.261. The molecule has 9 nitrogen and oxygen atoms in total. The van der Waals surface area contributed by atoms with Crippen LogP contribution in [-0.4, -0.2) is 54.4 Å². The van der Waals surface area contributed by atoms with Gasteiger partial charge in [0.05, 0.1) is 25.0 Å². The number of benzene rings is 2. The number of aryl methyl sites for hydroxylation is 1. The van der Waals surface area contributed by atoms with Crippen molar-refractivity contribution >= 4 is 5.91 Å². The molecule has 0 saturated heterocycles. The van der Waals surface area contributed by atoms with E-state index in [1.165, 1.54) is 4.80 Å². The lowest BCUT2D eigenvalue weighted by atomic mass is 9.82. The molecule has 162 valence electrons. The highest BCUT2D eigenvalue weighted by Gasteiger charge is 2.36. The third kappa shape index (κ3) is 3.41. The minimum Gasteiger partial charge on any atom is -0.497 e. The van der Waals surface area contributed by atoms with Crippen LogP contribution in [0, 0.1) is 0 Å². The number of amides is 1. The molecule has 0 spiro atoms. The Morgan fingerprint density at radius 3 is 2.66 bits per heavy atom. The molecule has 9 heteroatoms. The van der Waals surface area contributed by atoms with Crippen LogP contribution < -0.4 is 4.74 Å². The third-order valence-corrected chi connectivity index (χ3v) is 5.95. The molecular weight excluding hydrogens is 406 g/mol. The van der Waals surface area contributed by atoms with Crippen LogP contribution in [-0.2, 0) is 7.05 Å². The number of rotatable bonds is 4. The Labute approximate surface area is 185 Å². The van der Waals surface area contributed by atoms with Crippen molar-refractivity contribution in [2.45, 2.75) is 18.9 Å². The zero-order valence-electron chi connectivity index (χ0n) is 18.1. The first-order valence-corrected chi connectivity index (χ1v) is 10.4. The van der Waals surface area contributed by atoms with Crippen LogP contribution in [0.3, 0.4) is 0 Å². The molecule has 0 aliphatic carbocycles. The molecule has 2 aromatic carbocycles. The Morgan fingerprint density at radius 1 is 1.12 bits per heavy atom. The van der Waals surface area contributed by atoms with Gasteiger partial charge in [-0.2, -0.15) is 5.10 Å². The van der Waals surface area contributed by atoms with E-state index in [-0.39, 0.29) is 23.7 Å². The molecule has 1 amide bonds. The molecule has 32 heavy (non-hydrogen) atoms. The minimum absolute atomic E-state index is 0.0434. The molecule has 1 aliphatic heterocycles. The van der Waals surface area contributed by atoms with Gasteiger partial charge in [-0.1, -0.05) is 24.3 Å². The van der Waals surface area contributed by atoms with Gasteiger partial charge in [0.1, 0.15) is 5.75 Å². The Hall–Kier alpha value is -4.01. The molecule has 4 aromatic rings. The topological polar surface area (TPSA) is 91.0 Å². The van der Waals surface area contributed by atoms with E-state index in [9.17, 15) is 4.79 Å². The lowest BCUT2D eigenvalue weighted by Gasteiger charge is -2.39. The van der Waals surface area contributed by atoms with Crippen LogP contribution >= 0.6 is 0 Å². The SMILES string of the molecule is COc1ccc2c(c1)[C@@H](c1cnn(C)c1)CN(C(=O)c1nnn(-c3ccccc3)n1)[C@H]2C. The lowest BCUT2D eigenvalue weighted by molar-refractivity contribution is 0.0652. The molecule has 0 fully saturated rings. The summed E-state index contributed by atoms with van der Waals surface area (Å²) in [5, 5.41) is 16.8. The van der Waals surface area contributed by atoms with Gasteiger partial charge in [0.15, 0.2) is 0 Å². The molecule has 0 unspecified atom stereocenters. The van der Waals surface area contributed by atoms with Crippen molar-refractivity contribution in [1.29, 1.82) is 0 Å². The van der Waals surface area contributed by atoms with Gasteiger partial charge < -0.3 is 9.64 Å². The predicted octanol–water partition coefficient (Wildman–Crippen LogP) is 2.75. The molecule has 0 N–H and O–H groups in total. The maximum absolute atomic E-state index is 13.5. The molecule has 0 bridgehead atoms. The van der Waals surface area contributed by atoms with Crippen molar-refractivity contribution in [3.05, 3.63) is 83.4 Å². The average Bonchev–Trinajstić information content (AvgIpc) is 3.49. The lowest BCUT2D eigenvalue weighted by Crippen LogP contribution is -2.41. The highest BCUT2D eigenvalue weighted by molar-refractivity contribution is 5.91. The molecule has 5 rings (SSSR count). The fourth-order valence-electron chi connectivity index (χ4n) is 4.25. The van der Waals surface area contributed by atoms with Crippen LogP contribution in [0.15, 0.2) is 60.9 Å². The largest absolute Gasteiger partial charge is 0.497 e. The Balaban J connectivity index is 1.52. The Kier molecular flexibility index (Phi) is 4.93. The van der Waals surface area contributed by atoms with Gasteiger partial charge in [0.2, 0.25) is 0 Å². The van der Waals surface area contributed by atoms with Gasteiger partial charge in [-0.15, -0.1) is 15.0 Å². The zero-order chi connectivity index (χ0) is 22.2. The molecule has 1 aliphatic rings. The maximum Gasteiger partial charge on any atom is 0.296 e. The molecule has 2 aromatic heterocycles. The summed E-state index contributed by atoms with van der Waals surface area (Å²) in [5.41, 5.74) is 3.98. The standard InChI is InChI=1S/C23H23N7O2/c1-15-19-10-9-18(32-3)11-20(19)21(16-12-24-28(2)13-16)14-29(15)23(31)22-25-27-30(26-22)17-7-5-4-6-8-17/h4-13,15,21H,14H2,1-3H3/t15-,21+/m0/s1. The second kappa shape index (κ2) is 7.92. The second-order valence-corrected chi connectivity index (χ2v) is 7.87. The van der Waals surface area contributed by atoms with Crippen molar-refractivity contribution in [2.75, 3.05) is 13.7 Å². The van der Waals surface area contributed by atoms with Crippen LogP contribution in [0.25, 0.3) is 5.69 Å². The van der Waals surface area contributed by atoms with E-state index < -0.39 is 0 Å². The molecule has 0 radical (unpaired) electrons. The number of aromatic nitrogens is 6. The second-order valence-electron chi connectivity index (χ2n) is 7.87. The molecular formula is C23H23N7O2. The number of carbonyl (C=O) groups is 1. The van der Waals surface area contributed by atoms with E-state index in [0.717, 1.165) is 28.1 Å². The van der Waals surface area contributed by atoms with Gasteiger partial charge >= 0.3 is 0 Å². The smallest absolute Gasteiger partial charge is 0.296 e. The van der Waals surface area contributed by atoms with Crippen LogP contribution in [0.1, 0.15) is 46.2 Å². The molecule has 3 heterocycles. The van der Waals surface area contributed by atoms with Crippen LogP contribution in [0.2, 0.25) is 0 Å². The number of fused-ring (bicyclic) bond motifs is 1. The van der Waals surface area contributed by atoms with Crippen molar-refractivity contribution in [1.82, 2.24) is 34.9 Å². The number of nitrogens with zero attached hydrogens (tertiary/aromatic N) is 7. The molecule has 2 atom stereocenters. The summed E-state index contributed by atoms with van der Waals surface area (Å²) in [6, 6.07) is 15.3. The summed E-state index contributed by atoms with van der Waals surface area (Å²) in [4.78, 5) is 16.7. The fourth-order valence-corrected chi connectivity index (χ4v) is 4.25. The molecule has 0 saturated carbocycles. The van der Waals surface area contributed by atoms with Gasteiger partial charge in [-0.3, -0.25) is 9.48 Å². The third-order valence-electron chi connectivity index (χ3n) is 5.95. The minimum atomic E-state index is -0.255. The van der Waals surface area contributed by atoms with Crippen LogP contribution in [0.5, 0.6) is 5.75 Å². The first kappa shape index (κ1) is 19.9. The van der Waals surface area contributed by atoms with E-state index in [4.69, 9.17) is 4.74 Å². The van der Waals surface area contributed by atoms with E-state index >= 15 is 0 Å². The summed E-state index contributed by atoms with van der Waals surface area (Å²) in [5.74, 6) is 0.563. The first-order valence-electron chi connectivity index (χ1n) is 10.4. The van der Waals surface area contributed by atoms with E-state index in [2.05, 4.69) is 26.6 Å². The number of ether oxygens (including phenoxy) is 1. The summed E-state index contributed by atoms with van der Waals surface area (Å²) >= 11 is 0. The normalized spacial score (nSPS) is 17.8. The van der Waals surface area contributed by atoms with Crippen molar-refractivity contribution in [2.24, 2.45) is 7.05 Å². The number of methoxy groups -OCH3 is 1. The first-order chi connectivity index (χ1) is 15.5. The number of hydrogen-bond acceptors (Lipinski definition) is 6. The number of tetrazole rings is 1. The summed E-state index contributed by atoms with van der Waals surface area (Å²) < 4.78 is 7.23. The number of para-hydroxylation sites is 1. The average molecular weight is 429 g/mol. The zero-order valence-corrected chi connectivity index (χ0v) is 18.1. The van der Waals surface area contributed by atoms with Gasteiger partial charge in [0.25, 0.3) is 11.7 Å². The van der Waals surface area contributed by atoms with E-state index in [1.807, 2.05) is 68.8 Å². The van der Waals surface area contributed by atoms with E-state index in [0.29, 0.717) is 6.54 Å². The summed E-state index contributed by atoms with van der Waals surface area (Å²) in [6.07, 6.45) is 3.83. The van der Waals surface area contributed by atoms with Crippen molar-refractivity contribution < 1.29 is 9.53 Å². The van der Waals surface area contributed by atoms with Crippen molar-refractivity contribution in [3.63, 3.8) is 0 Å². The monoisotopic (exact) mass is 429 g/mol. The highest BCUT2D eigenvalue weighted by atomic mass is 16.5. The van der Waals surface area contributed by atoms with Crippen LogP contribution in [0.4, 0.5) is 0 Å². The number of hydrogen-bond donors (Lipinski definition) is 0.